The molecule has 7 nitrogen and oxygen atoms in total. The van der Waals surface area contributed by atoms with Gasteiger partial charge < -0.3 is 19.8 Å². The summed E-state index contributed by atoms with van der Waals surface area (Å²) in [5.74, 6) is 2.37. The summed E-state index contributed by atoms with van der Waals surface area (Å²) < 4.78 is 11.2. The number of ether oxygens (including phenoxy) is 1. The third kappa shape index (κ3) is 6.06. The molecule has 0 radical (unpaired) electrons. The van der Waals surface area contributed by atoms with Crippen molar-refractivity contribution in [1.82, 2.24) is 20.5 Å². The Morgan fingerprint density at radius 2 is 1.86 bits per heavy atom. The Morgan fingerprint density at radius 3 is 2.46 bits per heavy atom. The predicted molar refractivity (Wildman–Crippen MR) is 122 cm³/mol. The van der Waals surface area contributed by atoms with E-state index < -0.39 is 0 Å². The average Bonchev–Trinajstić information content (AvgIpc) is 3.03. The molecule has 2 N–H and O–H groups in total. The first-order chi connectivity index (χ1) is 13.1. The van der Waals surface area contributed by atoms with Crippen molar-refractivity contribution in [3.63, 3.8) is 0 Å². The Kier molecular flexibility index (Phi) is 9.49. The molecule has 2 fully saturated rings. The molecule has 0 bridgehead atoms. The Balaban J connectivity index is 0.00000280. The van der Waals surface area contributed by atoms with Crippen molar-refractivity contribution < 1.29 is 9.15 Å². The summed E-state index contributed by atoms with van der Waals surface area (Å²) in [6.45, 7) is 12.0. The fourth-order valence-corrected chi connectivity index (χ4v) is 4.20. The summed E-state index contributed by atoms with van der Waals surface area (Å²) in [5.41, 5.74) is 1.15. The maximum absolute atomic E-state index is 5.66. The third-order valence-corrected chi connectivity index (χ3v) is 5.84. The molecule has 1 saturated heterocycles. The van der Waals surface area contributed by atoms with Crippen LogP contribution in [-0.4, -0.2) is 60.8 Å². The summed E-state index contributed by atoms with van der Waals surface area (Å²) in [4.78, 5) is 11.8. The summed E-state index contributed by atoms with van der Waals surface area (Å²) >= 11 is 0. The van der Waals surface area contributed by atoms with E-state index in [-0.39, 0.29) is 29.5 Å². The van der Waals surface area contributed by atoms with E-state index in [1.54, 1.807) is 0 Å². The van der Waals surface area contributed by atoms with E-state index in [9.17, 15) is 0 Å². The molecule has 3 rings (SSSR count). The SMILES string of the molecule is CCNC(=NCc1nc(C)c(C)o1)NCC1(N2CCOCC2)CCCCC1.I. The maximum Gasteiger partial charge on any atom is 0.216 e. The van der Waals surface area contributed by atoms with Gasteiger partial charge in [0.1, 0.15) is 12.3 Å². The van der Waals surface area contributed by atoms with Crippen LogP contribution in [0.15, 0.2) is 9.41 Å². The van der Waals surface area contributed by atoms with Crippen LogP contribution in [0, 0.1) is 13.8 Å². The number of morpholine rings is 1. The summed E-state index contributed by atoms with van der Waals surface area (Å²) in [7, 11) is 0. The minimum Gasteiger partial charge on any atom is -0.444 e. The Morgan fingerprint density at radius 1 is 1.14 bits per heavy atom. The second-order valence-corrected chi connectivity index (χ2v) is 7.68. The maximum atomic E-state index is 5.66. The van der Waals surface area contributed by atoms with Gasteiger partial charge >= 0.3 is 0 Å². The fourth-order valence-electron chi connectivity index (χ4n) is 4.20. The largest absolute Gasteiger partial charge is 0.444 e. The number of aliphatic imine (C=N–C) groups is 1. The molecule has 28 heavy (non-hydrogen) atoms. The van der Waals surface area contributed by atoms with Crippen LogP contribution in [-0.2, 0) is 11.3 Å². The first-order valence-electron chi connectivity index (χ1n) is 10.4. The van der Waals surface area contributed by atoms with Gasteiger partial charge in [-0.15, -0.1) is 24.0 Å². The van der Waals surface area contributed by atoms with Crippen LogP contribution >= 0.6 is 24.0 Å². The molecule has 0 spiro atoms. The number of guanidine groups is 1. The predicted octanol–water partition coefficient (Wildman–Crippen LogP) is 3.00. The van der Waals surface area contributed by atoms with Crippen molar-refractivity contribution in [2.75, 3.05) is 39.4 Å². The fraction of sp³-hybridized carbons (Fsp3) is 0.800. The van der Waals surface area contributed by atoms with Crippen LogP contribution in [0.5, 0.6) is 0 Å². The van der Waals surface area contributed by atoms with Crippen molar-refractivity contribution >= 4 is 29.9 Å². The van der Waals surface area contributed by atoms with E-state index in [0.29, 0.717) is 12.4 Å². The highest BCUT2D eigenvalue weighted by atomic mass is 127. The monoisotopic (exact) mass is 505 g/mol. The number of nitrogens with one attached hydrogen (secondary N) is 2. The molecular formula is C20H36IN5O2. The van der Waals surface area contributed by atoms with E-state index in [1.165, 1.54) is 32.1 Å². The molecule has 1 saturated carbocycles. The van der Waals surface area contributed by atoms with E-state index in [4.69, 9.17) is 14.1 Å². The lowest BCUT2D eigenvalue weighted by Gasteiger charge is -2.48. The molecule has 0 aromatic carbocycles. The standard InChI is InChI=1S/C20H35N5O2.HI/c1-4-21-19(22-14-18-24-16(2)17(3)27-18)23-15-20(8-6-5-7-9-20)25-10-12-26-13-11-25;/h4-15H2,1-3H3,(H2,21,22,23);1H. The Labute approximate surface area is 186 Å². The second-order valence-electron chi connectivity index (χ2n) is 7.68. The molecule has 1 aromatic rings. The van der Waals surface area contributed by atoms with Crippen LogP contribution in [0.25, 0.3) is 0 Å². The van der Waals surface area contributed by atoms with Gasteiger partial charge in [-0.3, -0.25) is 4.90 Å². The van der Waals surface area contributed by atoms with Gasteiger partial charge in [0.15, 0.2) is 5.96 Å². The number of hydrogen-bond acceptors (Lipinski definition) is 5. The van der Waals surface area contributed by atoms with Crippen molar-refractivity contribution in [3.05, 3.63) is 17.3 Å². The van der Waals surface area contributed by atoms with Gasteiger partial charge in [0.2, 0.25) is 5.89 Å². The lowest BCUT2D eigenvalue weighted by atomic mass is 9.80. The van der Waals surface area contributed by atoms with Crippen LogP contribution in [0.4, 0.5) is 0 Å². The zero-order chi connectivity index (χ0) is 19.1. The quantitative estimate of drug-likeness (QED) is 0.352. The third-order valence-electron chi connectivity index (χ3n) is 5.84. The van der Waals surface area contributed by atoms with Crippen LogP contribution in [0.3, 0.4) is 0 Å². The zero-order valence-corrected chi connectivity index (χ0v) is 19.9. The van der Waals surface area contributed by atoms with E-state index in [1.807, 2.05) is 13.8 Å². The normalized spacial score (nSPS) is 20.5. The molecule has 1 aromatic heterocycles. The van der Waals surface area contributed by atoms with Crippen molar-refractivity contribution in [1.29, 1.82) is 0 Å². The molecule has 160 valence electrons. The number of hydrogen-bond donors (Lipinski definition) is 2. The number of rotatable bonds is 6. The van der Waals surface area contributed by atoms with Gasteiger partial charge in [-0.2, -0.15) is 0 Å². The van der Waals surface area contributed by atoms with Gasteiger partial charge in [0.25, 0.3) is 0 Å². The topological polar surface area (TPSA) is 74.9 Å². The molecule has 0 atom stereocenters. The highest BCUT2D eigenvalue weighted by molar-refractivity contribution is 14.0. The Hall–Kier alpha value is -0.870. The van der Waals surface area contributed by atoms with Gasteiger partial charge in [-0.05, 0) is 33.6 Å². The summed E-state index contributed by atoms with van der Waals surface area (Å²) in [6, 6.07) is 0. The minimum atomic E-state index is 0. The molecule has 1 aliphatic carbocycles. The molecule has 2 aliphatic rings. The number of aromatic nitrogens is 1. The zero-order valence-electron chi connectivity index (χ0n) is 17.6. The van der Waals surface area contributed by atoms with E-state index in [0.717, 1.165) is 56.8 Å². The average molecular weight is 505 g/mol. The number of aryl methyl sites for hydroxylation is 2. The molecular weight excluding hydrogens is 469 g/mol. The highest BCUT2D eigenvalue weighted by Gasteiger charge is 2.38. The summed E-state index contributed by atoms with van der Waals surface area (Å²) in [5, 5.41) is 6.97. The molecule has 2 heterocycles. The van der Waals surface area contributed by atoms with Gasteiger partial charge in [-0.25, -0.2) is 9.98 Å². The smallest absolute Gasteiger partial charge is 0.216 e. The van der Waals surface area contributed by atoms with E-state index in [2.05, 4.69) is 27.4 Å². The minimum absolute atomic E-state index is 0. The lowest BCUT2D eigenvalue weighted by Crippen LogP contribution is -2.60. The molecule has 1 aliphatic heterocycles. The van der Waals surface area contributed by atoms with E-state index >= 15 is 0 Å². The first-order valence-corrected chi connectivity index (χ1v) is 10.4. The van der Waals surface area contributed by atoms with Crippen LogP contribution in [0.2, 0.25) is 0 Å². The van der Waals surface area contributed by atoms with Crippen molar-refractivity contribution in [2.24, 2.45) is 4.99 Å². The highest BCUT2D eigenvalue weighted by Crippen LogP contribution is 2.33. The van der Waals surface area contributed by atoms with Gasteiger partial charge in [0, 0.05) is 31.7 Å². The number of nitrogens with zero attached hydrogens (tertiary/aromatic N) is 3. The molecule has 8 heteroatoms. The lowest BCUT2D eigenvalue weighted by molar-refractivity contribution is -0.0352. The van der Waals surface area contributed by atoms with Crippen LogP contribution < -0.4 is 10.6 Å². The number of halogens is 1. The first kappa shape index (κ1) is 23.4. The van der Waals surface area contributed by atoms with Crippen LogP contribution in [0.1, 0.15) is 56.4 Å². The second kappa shape index (κ2) is 11.3. The van der Waals surface area contributed by atoms with Gasteiger partial charge in [-0.1, -0.05) is 19.3 Å². The Bertz CT molecular complexity index is 603. The molecule has 0 unspecified atom stereocenters. The van der Waals surface area contributed by atoms with Crippen molar-refractivity contribution in [2.45, 2.75) is 65.0 Å². The van der Waals surface area contributed by atoms with Gasteiger partial charge in [0.05, 0.1) is 18.9 Å². The summed E-state index contributed by atoms with van der Waals surface area (Å²) in [6.07, 6.45) is 6.46. The number of oxazole rings is 1. The van der Waals surface area contributed by atoms with Crippen molar-refractivity contribution in [3.8, 4) is 0 Å². The molecule has 0 amide bonds.